The molecule has 0 aromatic carbocycles. The van der Waals surface area contributed by atoms with Gasteiger partial charge in [0, 0.05) is 38.4 Å². The van der Waals surface area contributed by atoms with Crippen LogP contribution in [0.3, 0.4) is 0 Å². The first-order valence-corrected chi connectivity index (χ1v) is 7.93. The monoisotopic (exact) mass is 305 g/mol. The number of aryl methyl sites for hydroxylation is 1. The molecule has 0 N–H and O–H groups in total. The molecule has 0 unspecified atom stereocenters. The molecule has 2 saturated heterocycles. The predicted molar refractivity (Wildman–Crippen MR) is 81.1 cm³/mol. The van der Waals surface area contributed by atoms with Crippen molar-refractivity contribution in [2.24, 2.45) is 7.05 Å². The fourth-order valence-electron chi connectivity index (χ4n) is 3.25. The third-order valence-corrected chi connectivity index (χ3v) is 4.52. The van der Waals surface area contributed by atoms with Gasteiger partial charge in [0.1, 0.15) is 0 Å². The van der Waals surface area contributed by atoms with Crippen molar-refractivity contribution >= 4 is 11.8 Å². The van der Waals surface area contributed by atoms with Gasteiger partial charge in [0.15, 0.2) is 0 Å². The maximum absolute atomic E-state index is 12.7. The summed E-state index contributed by atoms with van der Waals surface area (Å²) in [5, 5.41) is 0. The number of nitrogens with zero attached hydrogens (tertiary/aromatic N) is 3. The number of hydrogen-bond donors (Lipinski definition) is 0. The van der Waals surface area contributed by atoms with E-state index in [1.165, 1.54) is 0 Å². The van der Waals surface area contributed by atoms with E-state index in [0.717, 1.165) is 18.5 Å². The van der Waals surface area contributed by atoms with E-state index in [4.69, 9.17) is 4.74 Å². The van der Waals surface area contributed by atoms with Gasteiger partial charge in [0.05, 0.1) is 25.8 Å². The first-order chi connectivity index (χ1) is 10.7. The summed E-state index contributed by atoms with van der Waals surface area (Å²) in [6.07, 6.45) is 4.47. The largest absolute Gasteiger partial charge is 0.377 e. The Morgan fingerprint density at radius 3 is 2.95 bits per heavy atom. The average molecular weight is 305 g/mol. The standard InChI is InChI=1S/C16H23N3O3/c1-17-7-4-5-13(17)14-12-22-10-9-19(14)16(21)11-18-8-3-2-6-15(18)20/h4-5,7,14H,2-3,6,8-12H2,1H3/t14-/m1/s1. The van der Waals surface area contributed by atoms with Crippen LogP contribution in [-0.2, 0) is 21.4 Å². The van der Waals surface area contributed by atoms with Crippen molar-refractivity contribution in [3.63, 3.8) is 0 Å². The van der Waals surface area contributed by atoms with Crippen molar-refractivity contribution in [3.05, 3.63) is 24.0 Å². The number of carbonyl (C=O) groups excluding carboxylic acids is 2. The van der Waals surface area contributed by atoms with Crippen LogP contribution >= 0.6 is 0 Å². The molecule has 0 saturated carbocycles. The molecule has 0 spiro atoms. The molecule has 1 aromatic rings. The van der Waals surface area contributed by atoms with Crippen LogP contribution in [0.25, 0.3) is 0 Å². The fourth-order valence-corrected chi connectivity index (χ4v) is 3.25. The normalized spacial score (nSPS) is 23.0. The van der Waals surface area contributed by atoms with Crippen LogP contribution in [0.4, 0.5) is 0 Å². The molecule has 3 heterocycles. The number of amides is 2. The Labute approximate surface area is 130 Å². The van der Waals surface area contributed by atoms with E-state index in [9.17, 15) is 9.59 Å². The first kappa shape index (κ1) is 15.1. The first-order valence-electron chi connectivity index (χ1n) is 7.93. The summed E-state index contributed by atoms with van der Waals surface area (Å²) in [6.45, 7) is 2.54. The van der Waals surface area contributed by atoms with E-state index >= 15 is 0 Å². The van der Waals surface area contributed by atoms with Gasteiger partial charge in [-0.3, -0.25) is 9.59 Å². The van der Waals surface area contributed by atoms with Gasteiger partial charge < -0.3 is 19.1 Å². The average Bonchev–Trinajstić information content (AvgIpc) is 2.95. The molecule has 0 radical (unpaired) electrons. The number of piperidine rings is 1. The quantitative estimate of drug-likeness (QED) is 0.835. The molecular weight excluding hydrogens is 282 g/mol. The zero-order valence-electron chi connectivity index (χ0n) is 13.0. The number of morpholine rings is 1. The SMILES string of the molecule is Cn1cccc1[C@H]1COCCN1C(=O)CN1CCCCC1=O. The lowest BCUT2D eigenvalue weighted by atomic mass is 10.1. The van der Waals surface area contributed by atoms with Gasteiger partial charge in [0.2, 0.25) is 11.8 Å². The number of rotatable bonds is 3. The van der Waals surface area contributed by atoms with Gasteiger partial charge in [-0.2, -0.15) is 0 Å². The van der Waals surface area contributed by atoms with Crippen molar-refractivity contribution in [1.82, 2.24) is 14.4 Å². The number of aromatic nitrogens is 1. The maximum Gasteiger partial charge on any atom is 0.242 e. The van der Waals surface area contributed by atoms with Crippen LogP contribution < -0.4 is 0 Å². The summed E-state index contributed by atoms with van der Waals surface area (Å²) in [4.78, 5) is 28.2. The Morgan fingerprint density at radius 2 is 2.23 bits per heavy atom. The lowest BCUT2D eigenvalue weighted by Crippen LogP contribution is -2.49. The number of carbonyl (C=O) groups is 2. The fraction of sp³-hybridized carbons (Fsp3) is 0.625. The molecule has 2 aliphatic rings. The number of hydrogen-bond acceptors (Lipinski definition) is 3. The minimum Gasteiger partial charge on any atom is -0.377 e. The molecule has 1 atom stereocenters. The second kappa shape index (κ2) is 6.52. The topological polar surface area (TPSA) is 54.8 Å². The van der Waals surface area contributed by atoms with Crippen LogP contribution in [0.5, 0.6) is 0 Å². The Hall–Kier alpha value is -1.82. The molecule has 6 nitrogen and oxygen atoms in total. The van der Waals surface area contributed by atoms with E-state index in [1.54, 1.807) is 4.90 Å². The Balaban J connectivity index is 1.71. The lowest BCUT2D eigenvalue weighted by Gasteiger charge is -2.37. The highest BCUT2D eigenvalue weighted by Gasteiger charge is 2.32. The van der Waals surface area contributed by atoms with Crippen LogP contribution in [0.15, 0.2) is 18.3 Å². The smallest absolute Gasteiger partial charge is 0.242 e. The summed E-state index contributed by atoms with van der Waals surface area (Å²) >= 11 is 0. The molecule has 0 bridgehead atoms. The van der Waals surface area contributed by atoms with Crippen LogP contribution in [0.2, 0.25) is 0 Å². The molecular formula is C16H23N3O3. The summed E-state index contributed by atoms with van der Waals surface area (Å²) in [5.74, 6) is 0.119. The Morgan fingerprint density at radius 1 is 1.36 bits per heavy atom. The molecule has 1 aromatic heterocycles. The molecule has 6 heteroatoms. The third kappa shape index (κ3) is 3.02. The van der Waals surface area contributed by atoms with Crippen molar-refractivity contribution in [2.75, 3.05) is 32.8 Å². The van der Waals surface area contributed by atoms with Crippen LogP contribution in [0, 0.1) is 0 Å². The summed E-state index contributed by atoms with van der Waals surface area (Å²) in [6, 6.07) is 3.92. The minimum atomic E-state index is -0.0684. The van der Waals surface area contributed by atoms with Gasteiger partial charge in [-0.05, 0) is 25.0 Å². The maximum atomic E-state index is 12.7. The summed E-state index contributed by atoms with van der Waals surface area (Å²) < 4.78 is 7.58. The molecule has 2 fully saturated rings. The second-order valence-corrected chi connectivity index (χ2v) is 5.99. The Kier molecular flexibility index (Phi) is 4.47. The van der Waals surface area contributed by atoms with Crippen molar-refractivity contribution in [1.29, 1.82) is 0 Å². The lowest BCUT2D eigenvalue weighted by molar-refractivity contribution is -0.147. The van der Waals surface area contributed by atoms with E-state index < -0.39 is 0 Å². The minimum absolute atomic E-state index is 0.0183. The highest BCUT2D eigenvalue weighted by molar-refractivity contribution is 5.85. The van der Waals surface area contributed by atoms with E-state index in [0.29, 0.717) is 32.7 Å². The van der Waals surface area contributed by atoms with E-state index in [1.807, 2.05) is 34.8 Å². The molecule has 2 amide bonds. The molecule has 120 valence electrons. The number of ether oxygens (including phenoxy) is 1. The van der Waals surface area contributed by atoms with E-state index in [2.05, 4.69) is 0 Å². The third-order valence-electron chi connectivity index (χ3n) is 4.52. The van der Waals surface area contributed by atoms with Crippen LogP contribution in [0.1, 0.15) is 31.0 Å². The van der Waals surface area contributed by atoms with E-state index in [-0.39, 0.29) is 24.4 Å². The predicted octanol–water partition coefficient (Wildman–Crippen LogP) is 0.937. The zero-order valence-corrected chi connectivity index (χ0v) is 13.0. The highest BCUT2D eigenvalue weighted by atomic mass is 16.5. The van der Waals surface area contributed by atoms with Gasteiger partial charge >= 0.3 is 0 Å². The van der Waals surface area contributed by atoms with Gasteiger partial charge in [-0.15, -0.1) is 0 Å². The van der Waals surface area contributed by atoms with Crippen LogP contribution in [-0.4, -0.2) is 59.0 Å². The van der Waals surface area contributed by atoms with Crippen molar-refractivity contribution in [2.45, 2.75) is 25.3 Å². The van der Waals surface area contributed by atoms with Gasteiger partial charge in [-0.25, -0.2) is 0 Å². The molecule has 22 heavy (non-hydrogen) atoms. The molecule has 2 aliphatic heterocycles. The van der Waals surface area contributed by atoms with Crippen molar-refractivity contribution in [3.8, 4) is 0 Å². The molecule has 3 rings (SSSR count). The number of likely N-dealkylation sites (tertiary alicyclic amines) is 1. The molecule has 0 aliphatic carbocycles. The Bertz CT molecular complexity index is 555. The summed E-state index contributed by atoms with van der Waals surface area (Å²) in [7, 11) is 1.97. The van der Waals surface area contributed by atoms with Gasteiger partial charge in [0.25, 0.3) is 0 Å². The van der Waals surface area contributed by atoms with Crippen molar-refractivity contribution < 1.29 is 14.3 Å². The highest BCUT2D eigenvalue weighted by Crippen LogP contribution is 2.24. The summed E-state index contributed by atoms with van der Waals surface area (Å²) in [5.41, 5.74) is 1.07. The second-order valence-electron chi connectivity index (χ2n) is 5.99. The van der Waals surface area contributed by atoms with Gasteiger partial charge in [-0.1, -0.05) is 0 Å². The zero-order chi connectivity index (χ0) is 15.5.